The molecule has 7 nitrogen and oxygen atoms in total. The highest BCUT2D eigenvalue weighted by Gasteiger charge is 2.28. The van der Waals surface area contributed by atoms with Gasteiger partial charge in [-0.05, 0) is 43.7 Å². The van der Waals surface area contributed by atoms with E-state index in [1.165, 1.54) is 0 Å². The van der Waals surface area contributed by atoms with Gasteiger partial charge in [0, 0.05) is 19.1 Å². The van der Waals surface area contributed by atoms with Gasteiger partial charge in [-0.3, -0.25) is 9.36 Å². The second-order valence-corrected chi connectivity index (χ2v) is 7.15. The van der Waals surface area contributed by atoms with E-state index in [2.05, 4.69) is 16.9 Å². The second-order valence-electron chi connectivity index (χ2n) is 7.15. The standard InChI is InChI=1S/C20H24N4O3/c1-2-10-24-18-16(21-17(22-18)14-9-8-13(11-14)12-25)19(26)23-20(24)27-15-6-4-3-5-7-15/h3-7,13-14,25H,2,8-12H2,1H3,(H,21,22). The van der Waals surface area contributed by atoms with Gasteiger partial charge in [0.05, 0.1) is 0 Å². The fourth-order valence-electron chi connectivity index (χ4n) is 3.80. The highest BCUT2D eigenvalue weighted by Crippen LogP contribution is 2.37. The number of nitrogens with zero attached hydrogens (tertiary/aromatic N) is 3. The van der Waals surface area contributed by atoms with Gasteiger partial charge in [0.25, 0.3) is 0 Å². The summed E-state index contributed by atoms with van der Waals surface area (Å²) >= 11 is 0. The topological polar surface area (TPSA) is 93.0 Å². The van der Waals surface area contributed by atoms with Crippen molar-refractivity contribution in [3.8, 4) is 11.8 Å². The zero-order valence-electron chi connectivity index (χ0n) is 15.4. The van der Waals surface area contributed by atoms with Gasteiger partial charge < -0.3 is 14.8 Å². The molecule has 2 atom stereocenters. The van der Waals surface area contributed by atoms with Crippen LogP contribution in [0.1, 0.15) is 44.3 Å². The van der Waals surface area contributed by atoms with Crippen LogP contribution in [0.15, 0.2) is 35.1 Å². The lowest BCUT2D eigenvalue weighted by atomic mass is 10.1. The summed E-state index contributed by atoms with van der Waals surface area (Å²) in [5.74, 6) is 1.99. The Morgan fingerprint density at radius 1 is 1.26 bits per heavy atom. The lowest BCUT2D eigenvalue weighted by Gasteiger charge is -2.12. The quantitative estimate of drug-likeness (QED) is 0.697. The first-order valence-electron chi connectivity index (χ1n) is 9.53. The number of aromatic nitrogens is 4. The highest BCUT2D eigenvalue weighted by molar-refractivity contribution is 5.70. The zero-order chi connectivity index (χ0) is 18.8. The number of para-hydroxylation sites is 1. The summed E-state index contributed by atoms with van der Waals surface area (Å²) in [6, 6.07) is 9.58. The molecule has 1 aromatic carbocycles. The molecule has 0 spiro atoms. The fourth-order valence-corrected chi connectivity index (χ4v) is 3.80. The Kier molecular flexibility index (Phi) is 4.94. The third kappa shape index (κ3) is 3.47. The lowest BCUT2D eigenvalue weighted by Crippen LogP contribution is -2.16. The van der Waals surface area contributed by atoms with Gasteiger partial charge in [-0.2, -0.15) is 4.98 Å². The van der Waals surface area contributed by atoms with Crippen LogP contribution in [0.25, 0.3) is 11.2 Å². The van der Waals surface area contributed by atoms with Crippen molar-refractivity contribution < 1.29 is 9.84 Å². The number of hydrogen-bond donors (Lipinski definition) is 2. The molecule has 0 amide bonds. The van der Waals surface area contributed by atoms with E-state index in [1.54, 1.807) is 0 Å². The maximum atomic E-state index is 12.6. The molecule has 1 aliphatic carbocycles. The van der Waals surface area contributed by atoms with Crippen LogP contribution in [-0.2, 0) is 6.54 Å². The van der Waals surface area contributed by atoms with Crippen LogP contribution in [-0.4, -0.2) is 31.2 Å². The molecule has 27 heavy (non-hydrogen) atoms. The number of H-pyrrole nitrogens is 1. The average Bonchev–Trinajstić information content (AvgIpc) is 3.33. The van der Waals surface area contributed by atoms with Gasteiger partial charge in [-0.25, -0.2) is 4.98 Å². The number of rotatable bonds is 6. The van der Waals surface area contributed by atoms with Gasteiger partial charge >= 0.3 is 11.6 Å². The number of benzene rings is 1. The van der Waals surface area contributed by atoms with Crippen LogP contribution in [0, 0.1) is 5.92 Å². The van der Waals surface area contributed by atoms with E-state index in [1.807, 2.05) is 34.9 Å². The molecule has 2 N–H and O–H groups in total. The number of nitrogens with one attached hydrogen (secondary N) is 1. The molecule has 4 rings (SSSR count). The minimum Gasteiger partial charge on any atom is -0.425 e. The summed E-state index contributed by atoms with van der Waals surface area (Å²) in [4.78, 5) is 24.7. The number of ether oxygens (including phenoxy) is 1. The first-order chi connectivity index (χ1) is 13.2. The molecular weight excluding hydrogens is 344 g/mol. The number of aromatic amines is 1. The maximum Gasteiger partial charge on any atom is 0.307 e. The van der Waals surface area contributed by atoms with Crippen molar-refractivity contribution in [2.45, 2.75) is 45.1 Å². The third-order valence-corrected chi connectivity index (χ3v) is 5.19. The van der Waals surface area contributed by atoms with Gasteiger partial charge in [-0.15, -0.1) is 0 Å². The van der Waals surface area contributed by atoms with Crippen molar-refractivity contribution in [2.24, 2.45) is 5.92 Å². The van der Waals surface area contributed by atoms with Gasteiger partial charge in [0.2, 0.25) is 0 Å². The molecule has 0 aliphatic heterocycles. The number of aryl methyl sites for hydroxylation is 1. The van der Waals surface area contributed by atoms with Gasteiger partial charge in [-0.1, -0.05) is 25.1 Å². The lowest BCUT2D eigenvalue weighted by molar-refractivity contribution is 0.228. The molecule has 0 radical (unpaired) electrons. The molecule has 1 fully saturated rings. The Morgan fingerprint density at radius 2 is 2.07 bits per heavy atom. The van der Waals surface area contributed by atoms with Crippen LogP contribution in [0.3, 0.4) is 0 Å². The van der Waals surface area contributed by atoms with Crippen molar-refractivity contribution >= 4 is 11.2 Å². The predicted molar refractivity (Wildman–Crippen MR) is 102 cm³/mol. The minimum absolute atomic E-state index is 0.204. The summed E-state index contributed by atoms with van der Waals surface area (Å²) in [6.45, 7) is 2.92. The number of imidazole rings is 1. The Hall–Kier alpha value is -2.67. The Morgan fingerprint density at radius 3 is 2.78 bits per heavy atom. The van der Waals surface area contributed by atoms with Crippen LogP contribution in [0.4, 0.5) is 0 Å². The minimum atomic E-state index is -0.362. The molecule has 0 bridgehead atoms. The van der Waals surface area contributed by atoms with E-state index in [-0.39, 0.29) is 24.1 Å². The molecule has 1 aliphatic rings. The molecular formula is C20H24N4O3. The van der Waals surface area contributed by atoms with Gasteiger partial charge in [0.1, 0.15) is 11.6 Å². The number of fused-ring (bicyclic) bond motifs is 1. The Labute approximate surface area is 157 Å². The van der Waals surface area contributed by atoms with Crippen LogP contribution < -0.4 is 10.3 Å². The van der Waals surface area contributed by atoms with Crippen LogP contribution in [0.2, 0.25) is 0 Å². The second kappa shape index (κ2) is 7.52. The van der Waals surface area contributed by atoms with Gasteiger partial charge in [0.15, 0.2) is 11.2 Å². The average molecular weight is 368 g/mol. The summed E-state index contributed by atoms with van der Waals surface area (Å²) < 4.78 is 7.75. The molecule has 3 aromatic rings. The summed E-state index contributed by atoms with van der Waals surface area (Å²) in [5.41, 5.74) is 0.648. The predicted octanol–water partition coefficient (Wildman–Crippen LogP) is 3.20. The first-order valence-corrected chi connectivity index (χ1v) is 9.53. The molecule has 0 saturated heterocycles. The summed E-state index contributed by atoms with van der Waals surface area (Å²) in [6.07, 6.45) is 3.70. The summed E-state index contributed by atoms with van der Waals surface area (Å²) in [7, 11) is 0. The maximum absolute atomic E-state index is 12.6. The number of aliphatic hydroxyl groups is 1. The van der Waals surface area contributed by atoms with E-state index in [9.17, 15) is 9.90 Å². The molecule has 2 heterocycles. The van der Waals surface area contributed by atoms with E-state index < -0.39 is 0 Å². The van der Waals surface area contributed by atoms with Crippen molar-refractivity contribution in [1.82, 2.24) is 19.5 Å². The van der Waals surface area contributed by atoms with Crippen molar-refractivity contribution in [2.75, 3.05) is 6.61 Å². The van der Waals surface area contributed by atoms with Crippen LogP contribution in [0.5, 0.6) is 11.8 Å². The molecule has 1 saturated carbocycles. The largest absolute Gasteiger partial charge is 0.425 e. The van der Waals surface area contributed by atoms with E-state index in [4.69, 9.17) is 9.72 Å². The summed E-state index contributed by atoms with van der Waals surface area (Å²) in [5, 5.41) is 9.39. The van der Waals surface area contributed by atoms with E-state index in [0.29, 0.717) is 29.4 Å². The van der Waals surface area contributed by atoms with Crippen LogP contribution >= 0.6 is 0 Å². The SMILES string of the molecule is CCCn1c(Oc2ccccc2)nc(=O)c2[nH]c(C3CCC(CO)C3)nc21. The normalized spacial score (nSPS) is 19.6. The van der Waals surface area contributed by atoms with Crippen molar-refractivity contribution in [3.63, 3.8) is 0 Å². The Bertz CT molecular complexity index is 980. The molecule has 142 valence electrons. The molecule has 2 aromatic heterocycles. The number of hydrogen-bond acceptors (Lipinski definition) is 5. The first kappa shape index (κ1) is 17.7. The smallest absolute Gasteiger partial charge is 0.307 e. The highest BCUT2D eigenvalue weighted by atomic mass is 16.5. The van der Waals surface area contributed by atoms with Crippen molar-refractivity contribution in [3.05, 3.63) is 46.5 Å². The molecule has 7 heteroatoms. The zero-order valence-corrected chi connectivity index (χ0v) is 15.4. The third-order valence-electron chi connectivity index (χ3n) is 5.19. The van der Waals surface area contributed by atoms with Crippen molar-refractivity contribution in [1.29, 1.82) is 0 Å². The number of aliphatic hydroxyl groups excluding tert-OH is 1. The Balaban J connectivity index is 1.76. The molecule has 2 unspecified atom stereocenters. The fraction of sp³-hybridized carbons (Fsp3) is 0.450. The van der Waals surface area contributed by atoms with E-state index in [0.717, 1.165) is 31.5 Å². The van der Waals surface area contributed by atoms with E-state index >= 15 is 0 Å². The monoisotopic (exact) mass is 368 g/mol.